The van der Waals surface area contributed by atoms with Crippen LogP contribution in [0.2, 0.25) is 0 Å². The number of nitrogens with zero attached hydrogens (tertiary/aromatic N) is 1. The zero-order valence-electron chi connectivity index (χ0n) is 11.1. The normalized spacial score (nSPS) is 13.5. The van der Waals surface area contributed by atoms with Crippen molar-refractivity contribution < 1.29 is 5.11 Å². The number of rotatable bonds is 5. The average Bonchev–Trinajstić information content (AvgIpc) is 2.06. The Morgan fingerprint density at radius 2 is 1.64 bits per heavy atom. The number of hydrogen-bond donors (Lipinski definition) is 1. The molecule has 1 atom stereocenters. The first-order valence-electron chi connectivity index (χ1n) is 5.75. The smallest absolute Gasteiger partial charge is 0.0620 e. The molecule has 0 saturated carbocycles. The largest absolute Gasteiger partial charge is 0.390 e. The van der Waals surface area contributed by atoms with Crippen molar-refractivity contribution in [2.75, 3.05) is 20.6 Å². The summed E-state index contributed by atoms with van der Waals surface area (Å²) in [6.07, 6.45) is 2.13. The maximum Gasteiger partial charge on any atom is 0.0620 e. The minimum Gasteiger partial charge on any atom is -0.390 e. The second kappa shape index (κ2) is 8.25. The summed E-state index contributed by atoms with van der Waals surface area (Å²) in [7, 11) is 4.13. The molecule has 0 rings (SSSR count). The Labute approximate surface area is 90.3 Å². The maximum absolute atomic E-state index is 9.77. The molecule has 2 nitrogen and oxygen atoms in total. The fraction of sp³-hybridized carbons (Fsp3) is 1.00. The highest BCUT2D eigenvalue weighted by Gasteiger charge is 2.24. The zero-order chi connectivity index (χ0) is 11.8. The van der Waals surface area contributed by atoms with Crippen molar-refractivity contribution in [3.63, 3.8) is 0 Å². The third-order valence-corrected chi connectivity index (χ3v) is 2.42. The minimum atomic E-state index is -0.523. The van der Waals surface area contributed by atoms with E-state index in [1.54, 1.807) is 0 Å². The third kappa shape index (κ3) is 8.52. The fourth-order valence-corrected chi connectivity index (χ4v) is 1.47. The molecule has 1 N–H and O–H groups in total. The minimum absolute atomic E-state index is 0.417. The van der Waals surface area contributed by atoms with Crippen molar-refractivity contribution in [3.8, 4) is 0 Å². The molecule has 0 heterocycles. The first-order chi connectivity index (χ1) is 6.38. The molecular formula is C12H29NO. The lowest BCUT2D eigenvalue weighted by molar-refractivity contribution is 0.00897. The molecule has 0 fully saturated rings. The highest BCUT2D eigenvalue weighted by atomic mass is 16.3. The highest BCUT2D eigenvalue weighted by molar-refractivity contribution is 4.76. The van der Waals surface area contributed by atoms with Crippen LogP contribution >= 0.6 is 0 Å². The summed E-state index contributed by atoms with van der Waals surface area (Å²) in [5.41, 5.74) is -0.523. The van der Waals surface area contributed by atoms with Crippen molar-refractivity contribution >= 4 is 0 Å². The van der Waals surface area contributed by atoms with Crippen LogP contribution in [0.3, 0.4) is 0 Å². The lowest BCUT2D eigenvalue weighted by Crippen LogP contribution is -2.32. The predicted molar refractivity (Wildman–Crippen MR) is 64.6 cm³/mol. The van der Waals surface area contributed by atoms with Gasteiger partial charge in [-0.2, -0.15) is 0 Å². The molecule has 0 saturated heterocycles. The van der Waals surface area contributed by atoms with Crippen LogP contribution in [0.4, 0.5) is 0 Å². The van der Waals surface area contributed by atoms with Crippen LogP contribution in [-0.2, 0) is 0 Å². The van der Waals surface area contributed by atoms with Gasteiger partial charge in [-0.05, 0) is 46.8 Å². The molecule has 14 heavy (non-hydrogen) atoms. The molecule has 0 aliphatic heterocycles. The SMILES string of the molecule is CC.CCC(CCN(C)C)C(C)(C)O. The van der Waals surface area contributed by atoms with Crippen molar-refractivity contribution in [2.45, 2.75) is 53.1 Å². The van der Waals surface area contributed by atoms with E-state index in [0.29, 0.717) is 5.92 Å². The Morgan fingerprint density at radius 1 is 1.21 bits per heavy atom. The van der Waals surface area contributed by atoms with Crippen LogP contribution in [0.5, 0.6) is 0 Å². The molecule has 88 valence electrons. The van der Waals surface area contributed by atoms with Gasteiger partial charge in [-0.25, -0.2) is 0 Å². The molecule has 0 spiro atoms. The van der Waals surface area contributed by atoms with Crippen molar-refractivity contribution in [3.05, 3.63) is 0 Å². The molecule has 0 aromatic carbocycles. The lowest BCUT2D eigenvalue weighted by atomic mass is 9.86. The Hall–Kier alpha value is -0.0800. The van der Waals surface area contributed by atoms with Crippen molar-refractivity contribution in [2.24, 2.45) is 5.92 Å². The maximum atomic E-state index is 9.77. The molecule has 0 aromatic rings. The number of aliphatic hydroxyl groups is 1. The molecule has 0 bridgehead atoms. The van der Waals surface area contributed by atoms with Gasteiger partial charge in [-0.1, -0.05) is 27.2 Å². The fourth-order valence-electron chi connectivity index (χ4n) is 1.47. The Kier molecular flexibility index (Phi) is 9.63. The monoisotopic (exact) mass is 203 g/mol. The van der Waals surface area contributed by atoms with Gasteiger partial charge in [0, 0.05) is 0 Å². The van der Waals surface area contributed by atoms with E-state index < -0.39 is 5.60 Å². The van der Waals surface area contributed by atoms with E-state index in [1.165, 1.54) is 0 Å². The molecular weight excluding hydrogens is 174 g/mol. The van der Waals surface area contributed by atoms with Gasteiger partial charge in [-0.15, -0.1) is 0 Å². The molecule has 2 heteroatoms. The van der Waals surface area contributed by atoms with Gasteiger partial charge >= 0.3 is 0 Å². The van der Waals surface area contributed by atoms with Crippen molar-refractivity contribution in [1.29, 1.82) is 0 Å². The van der Waals surface area contributed by atoms with Gasteiger partial charge in [0.05, 0.1) is 5.60 Å². The molecule has 0 radical (unpaired) electrons. The second-order valence-corrected chi connectivity index (χ2v) is 4.35. The van der Waals surface area contributed by atoms with Gasteiger partial charge in [0.25, 0.3) is 0 Å². The summed E-state index contributed by atoms with van der Waals surface area (Å²) in [6, 6.07) is 0. The average molecular weight is 203 g/mol. The van der Waals surface area contributed by atoms with E-state index in [2.05, 4.69) is 25.9 Å². The summed E-state index contributed by atoms with van der Waals surface area (Å²) in [6.45, 7) is 11.0. The Balaban J connectivity index is 0. The van der Waals surface area contributed by atoms with Crippen LogP contribution in [0.25, 0.3) is 0 Å². The third-order valence-electron chi connectivity index (χ3n) is 2.42. The first-order valence-corrected chi connectivity index (χ1v) is 5.75. The molecule has 0 amide bonds. The van der Waals surface area contributed by atoms with E-state index >= 15 is 0 Å². The van der Waals surface area contributed by atoms with Gasteiger partial charge in [0.15, 0.2) is 0 Å². The lowest BCUT2D eigenvalue weighted by Gasteiger charge is -2.29. The quantitative estimate of drug-likeness (QED) is 0.742. The van der Waals surface area contributed by atoms with Gasteiger partial charge in [-0.3, -0.25) is 0 Å². The number of hydrogen-bond acceptors (Lipinski definition) is 2. The van der Waals surface area contributed by atoms with Gasteiger partial charge < -0.3 is 10.0 Å². The predicted octanol–water partition coefficient (Wildman–Crippen LogP) is 2.76. The van der Waals surface area contributed by atoms with Crippen LogP contribution in [0.15, 0.2) is 0 Å². The summed E-state index contributed by atoms with van der Waals surface area (Å²) in [5.74, 6) is 0.417. The molecule has 0 aromatic heterocycles. The zero-order valence-corrected chi connectivity index (χ0v) is 11.1. The van der Waals surface area contributed by atoms with Crippen molar-refractivity contribution in [1.82, 2.24) is 4.90 Å². The van der Waals surface area contributed by atoms with Crippen LogP contribution in [0.1, 0.15) is 47.5 Å². The van der Waals surface area contributed by atoms with Gasteiger partial charge in [0.2, 0.25) is 0 Å². The second-order valence-electron chi connectivity index (χ2n) is 4.35. The van der Waals surface area contributed by atoms with Gasteiger partial charge in [0.1, 0.15) is 0 Å². The molecule has 0 aliphatic rings. The van der Waals surface area contributed by atoms with E-state index in [1.807, 2.05) is 27.7 Å². The topological polar surface area (TPSA) is 23.5 Å². The van der Waals surface area contributed by atoms with Crippen LogP contribution in [-0.4, -0.2) is 36.2 Å². The van der Waals surface area contributed by atoms with Crippen LogP contribution < -0.4 is 0 Å². The summed E-state index contributed by atoms with van der Waals surface area (Å²) in [5, 5.41) is 9.77. The Bertz CT molecular complexity index is 116. The van der Waals surface area contributed by atoms with Crippen LogP contribution in [0, 0.1) is 5.92 Å². The standard InChI is InChI=1S/C10H23NO.C2H6/c1-6-9(10(2,3)12)7-8-11(4)5;1-2/h9,12H,6-8H2,1-5H3;1-2H3. The molecule has 0 aliphatic carbocycles. The van der Waals surface area contributed by atoms with E-state index in [4.69, 9.17) is 0 Å². The molecule has 1 unspecified atom stereocenters. The summed E-state index contributed by atoms with van der Waals surface area (Å²) in [4.78, 5) is 2.16. The first kappa shape index (κ1) is 16.4. The summed E-state index contributed by atoms with van der Waals surface area (Å²) < 4.78 is 0. The van der Waals surface area contributed by atoms with E-state index in [9.17, 15) is 5.11 Å². The summed E-state index contributed by atoms with van der Waals surface area (Å²) >= 11 is 0. The van der Waals surface area contributed by atoms with E-state index in [-0.39, 0.29) is 0 Å². The van der Waals surface area contributed by atoms with E-state index in [0.717, 1.165) is 19.4 Å². The Morgan fingerprint density at radius 3 is 1.86 bits per heavy atom. The highest BCUT2D eigenvalue weighted by Crippen LogP contribution is 2.23.